The molecule has 0 radical (unpaired) electrons. The monoisotopic (exact) mass is 262 g/mol. The number of hydrogen-bond acceptors (Lipinski definition) is 5. The fourth-order valence-corrected chi connectivity index (χ4v) is 1.72. The highest BCUT2D eigenvalue weighted by molar-refractivity contribution is 5.77. The largest absolute Gasteiger partial charge is 0.497 e. The maximum atomic E-state index is 11.5. The van der Waals surface area contributed by atoms with Gasteiger partial charge in [0.1, 0.15) is 18.4 Å². The lowest BCUT2D eigenvalue weighted by molar-refractivity contribution is -0.139. The molecule has 0 fully saturated rings. The van der Waals surface area contributed by atoms with E-state index < -0.39 is 0 Å². The van der Waals surface area contributed by atoms with E-state index in [4.69, 9.17) is 4.74 Å². The number of nitriles is 1. The molecule has 0 aliphatic rings. The molecule has 0 aliphatic carbocycles. The van der Waals surface area contributed by atoms with Crippen molar-refractivity contribution in [3.63, 3.8) is 0 Å². The van der Waals surface area contributed by atoms with Crippen LogP contribution in [0.15, 0.2) is 18.2 Å². The Labute approximate surface area is 113 Å². The Kier molecular flexibility index (Phi) is 5.19. The molecule has 0 amide bonds. The number of anilines is 1. The minimum atomic E-state index is -0.347. The van der Waals surface area contributed by atoms with Gasteiger partial charge in [-0.2, -0.15) is 5.26 Å². The summed E-state index contributed by atoms with van der Waals surface area (Å²) in [7, 11) is 2.91. The van der Waals surface area contributed by atoms with Crippen LogP contribution >= 0.6 is 0 Å². The van der Waals surface area contributed by atoms with Crippen molar-refractivity contribution in [3.8, 4) is 11.8 Å². The van der Waals surface area contributed by atoms with Crippen molar-refractivity contribution in [2.24, 2.45) is 0 Å². The van der Waals surface area contributed by atoms with Crippen LogP contribution in [-0.2, 0) is 9.53 Å². The summed E-state index contributed by atoms with van der Waals surface area (Å²) in [6, 6.07) is 7.33. The second-order valence-electron chi connectivity index (χ2n) is 4.29. The summed E-state index contributed by atoms with van der Waals surface area (Å²) in [6.45, 7) is 3.99. The van der Waals surface area contributed by atoms with Crippen LogP contribution < -0.4 is 9.64 Å². The molecule has 0 N–H and O–H groups in total. The van der Waals surface area contributed by atoms with Crippen LogP contribution in [0, 0.1) is 11.3 Å². The Morgan fingerprint density at radius 1 is 1.42 bits per heavy atom. The molecule has 5 nitrogen and oxygen atoms in total. The van der Waals surface area contributed by atoms with Gasteiger partial charge in [-0.1, -0.05) is 0 Å². The van der Waals surface area contributed by atoms with Gasteiger partial charge in [-0.3, -0.25) is 4.79 Å². The predicted molar refractivity (Wildman–Crippen MR) is 72.2 cm³/mol. The molecule has 0 saturated heterocycles. The Morgan fingerprint density at radius 2 is 2.11 bits per heavy atom. The van der Waals surface area contributed by atoms with E-state index in [2.05, 4.69) is 10.8 Å². The first-order valence-corrected chi connectivity index (χ1v) is 5.95. The van der Waals surface area contributed by atoms with Crippen molar-refractivity contribution in [1.82, 2.24) is 0 Å². The fraction of sp³-hybridized carbons (Fsp3) is 0.429. The third kappa shape index (κ3) is 3.62. The van der Waals surface area contributed by atoms with E-state index in [1.165, 1.54) is 7.11 Å². The molecule has 102 valence electrons. The van der Waals surface area contributed by atoms with E-state index in [1.807, 2.05) is 18.7 Å². The van der Waals surface area contributed by atoms with Gasteiger partial charge in [0.2, 0.25) is 0 Å². The normalized spacial score (nSPS) is 9.89. The van der Waals surface area contributed by atoms with Crippen LogP contribution in [0.4, 0.5) is 5.69 Å². The van der Waals surface area contributed by atoms with Gasteiger partial charge in [-0.15, -0.1) is 0 Å². The highest BCUT2D eigenvalue weighted by Gasteiger charge is 2.19. The molecule has 0 unspecified atom stereocenters. The molecular weight excluding hydrogens is 244 g/mol. The van der Waals surface area contributed by atoms with Crippen LogP contribution in [0.2, 0.25) is 0 Å². The first-order valence-electron chi connectivity index (χ1n) is 5.95. The Hall–Kier alpha value is -2.22. The molecular formula is C14H18N2O3. The molecule has 0 heterocycles. The number of methoxy groups -OCH3 is 2. The average molecular weight is 262 g/mol. The molecule has 1 rings (SSSR count). The lowest BCUT2D eigenvalue weighted by Gasteiger charge is -2.28. The van der Waals surface area contributed by atoms with E-state index in [-0.39, 0.29) is 18.6 Å². The molecule has 0 bridgehead atoms. The number of hydrogen-bond donors (Lipinski definition) is 0. The van der Waals surface area contributed by atoms with E-state index >= 15 is 0 Å². The topological polar surface area (TPSA) is 62.6 Å². The van der Waals surface area contributed by atoms with Gasteiger partial charge in [-0.25, -0.2) is 0 Å². The summed E-state index contributed by atoms with van der Waals surface area (Å²) >= 11 is 0. The minimum absolute atomic E-state index is 0.0540. The van der Waals surface area contributed by atoms with E-state index in [9.17, 15) is 10.1 Å². The summed E-state index contributed by atoms with van der Waals surface area (Å²) < 4.78 is 9.85. The Balaban J connectivity index is 3.20. The molecule has 0 aromatic heterocycles. The van der Waals surface area contributed by atoms with E-state index in [0.717, 1.165) is 0 Å². The lowest BCUT2D eigenvalue weighted by atomic mass is 10.1. The van der Waals surface area contributed by atoms with Crippen molar-refractivity contribution >= 4 is 11.7 Å². The Bertz CT molecular complexity index is 492. The van der Waals surface area contributed by atoms with Crippen molar-refractivity contribution < 1.29 is 14.3 Å². The minimum Gasteiger partial charge on any atom is -0.497 e. The van der Waals surface area contributed by atoms with Gasteiger partial charge in [-0.05, 0) is 26.0 Å². The lowest BCUT2D eigenvalue weighted by Crippen LogP contribution is -2.36. The van der Waals surface area contributed by atoms with Gasteiger partial charge in [0.05, 0.1) is 25.5 Å². The highest BCUT2D eigenvalue weighted by atomic mass is 16.5. The Morgan fingerprint density at radius 3 is 2.58 bits per heavy atom. The number of rotatable bonds is 5. The van der Waals surface area contributed by atoms with Crippen LogP contribution in [0.1, 0.15) is 19.4 Å². The SMILES string of the molecule is COC(=O)CN(c1cc(OC)ccc1C#N)C(C)C. The predicted octanol–water partition coefficient (Wildman–Crippen LogP) is 1.95. The summed E-state index contributed by atoms with van der Waals surface area (Å²) in [4.78, 5) is 13.3. The number of nitrogens with zero attached hydrogens (tertiary/aromatic N) is 2. The number of esters is 1. The zero-order chi connectivity index (χ0) is 14.4. The van der Waals surface area contributed by atoms with Crippen LogP contribution in [0.5, 0.6) is 5.75 Å². The first-order chi connectivity index (χ1) is 9.03. The van der Waals surface area contributed by atoms with E-state index in [1.54, 1.807) is 25.3 Å². The second-order valence-corrected chi connectivity index (χ2v) is 4.29. The smallest absolute Gasteiger partial charge is 0.325 e. The van der Waals surface area contributed by atoms with Crippen LogP contribution in [0.3, 0.4) is 0 Å². The van der Waals surface area contributed by atoms with Gasteiger partial charge in [0, 0.05) is 12.1 Å². The highest BCUT2D eigenvalue weighted by Crippen LogP contribution is 2.27. The zero-order valence-electron chi connectivity index (χ0n) is 11.6. The summed E-state index contributed by atoms with van der Waals surface area (Å²) in [5.41, 5.74) is 1.17. The van der Waals surface area contributed by atoms with Crippen molar-refractivity contribution in [3.05, 3.63) is 23.8 Å². The third-order valence-corrected chi connectivity index (χ3v) is 2.79. The van der Waals surface area contributed by atoms with Gasteiger partial charge < -0.3 is 14.4 Å². The molecule has 0 spiro atoms. The van der Waals surface area contributed by atoms with Crippen molar-refractivity contribution in [2.45, 2.75) is 19.9 Å². The zero-order valence-corrected chi connectivity index (χ0v) is 11.6. The summed E-state index contributed by atoms with van der Waals surface area (Å²) in [5.74, 6) is 0.296. The first kappa shape index (κ1) is 14.8. The second kappa shape index (κ2) is 6.64. The molecule has 5 heteroatoms. The summed E-state index contributed by atoms with van der Waals surface area (Å²) in [6.07, 6.45) is 0. The van der Waals surface area contributed by atoms with Crippen molar-refractivity contribution in [1.29, 1.82) is 5.26 Å². The maximum Gasteiger partial charge on any atom is 0.325 e. The molecule has 0 saturated carbocycles. The number of ether oxygens (including phenoxy) is 2. The average Bonchev–Trinajstić information content (AvgIpc) is 2.43. The van der Waals surface area contributed by atoms with Gasteiger partial charge in [0.15, 0.2) is 0 Å². The summed E-state index contributed by atoms with van der Waals surface area (Å²) in [5, 5.41) is 9.17. The van der Waals surface area contributed by atoms with Gasteiger partial charge >= 0.3 is 5.97 Å². The van der Waals surface area contributed by atoms with Gasteiger partial charge in [0.25, 0.3) is 0 Å². The van der Waals surface area contributed by atoms with Crippen LogP contribution in [-0.4, -0.2) is 32.8 Å². The molecule has 19 heavy (non-hydrogen) atoms. The van der Waals surface area contributed by atoms with E-state index in [0.29, 0.717) is 17.0 Å². The molecule has 0 aliphatic heterocycles. The van der Waals surface area contributed by atoms with Crippen molar-refractivity contribution in [2.75, 3.05) is 25.7 Å². The number of carbonyl (C=O) groups is 1. The standard InChI is InChI=1S/C14H18N2O3/c1-10(2)16(9-14(17)19-4)13-7-12(18-3)6-5-11(13)8-15/h5-7,10H,9H2,1-4H3. The maximum absolute atomic E-state index is 11.5. The third-order valence-electron chi connectivity index (χ3n) is 2.79. The van der Waals surface area contributed by atoms with Crippen LogP contribution in [0.25, 0.3) is 0 Å². The molecule has 1 aromatic carbocycles. The quantitative estimate of drug-likeness (QED) is 0.759. The number of benzene rings is 1. The molecule has 0 atom stereocenters. The number of carbonyl (C=O) groups excluding carboxylic acids is 1. The fourth-order valence-electron chi connectivity index (χ4n) is 1.72. The molecule has 1 aromatic rings.